The zero-order chi connectivity index (χ0) is 35.8. The fraction of sp³-hybridized carbons (Fsp3) is 0.275. The van der Waals surface area contributed by atoms with Crippen LogP contribution in [-0.2, 0) is 19.8 Å². The Morgan fingerprint density at radius 3 is 1.96 bits per heavy atom. The zero-order valence-corrected chi connectivity index (χ0v) is 28.7. The van der Waals surface area contributed by atoms with E-state index in [0.29, 0.717) is 30.1 Å². The van der Waals surface area contributed by atoms with Gasteiger partial charge in [-0.1, -0.05) is 79.7 Å². The van der Waals surface area contributed by atoms with Crippen molar-refractivity contribution in [1.29, 1.82) is 0 Å². The number of rotatable bonds is 14. The highest BCUT2D eigenvalue weighted by Gasteiger charge is 2.48. The van der Waals surface area contributed by atoms with Gasteiger partial charge in [-0.2, -0.15) is 4.98 Å². The molecule has 0 radical (unpaired) electrons. The number of aliphatic hydroxyl groups excluding tert-OH is 1. The Hall–Kier alpha value is -5.33. The Morgan fingerprint density at radius 1 is 0.843 bits per heavy atom. The molecule has 11 nitrogen and oxygen atoms in total. The van der Waals surface area contributed by atoms with Gasteiger partial charge >= 0.3 is 5.69 Å². The predicted octanol–water partition coefficient (Wildman–Crippen LogP) is 5.58. The lowest BCUT2D eigenvalue weighted by Gasteiger charge is -2.37. The fourth-order valence-electron chi connectivity index (χ4n) is 6.25. The number of aliphatic hydroxyl groups is 1. The van der Waals surface area contributed by atoms with Crippen molar-refractivity contribution in [1.82, 2.24) is 9.55 Å². The van der Waals surface area contributed by atoms with Crippen LogP contribution in [0.1, 0.15) is 46.6 Å². The van der Waals surface area contributed by atoms with Gasteiger partial charge in [0.15, 0.2) is 6.23 Å². The van der Waals surface area contributed by atoms with Crippen molar-refractivity contribution >= 4 is 11.7 Å². The minimum Gasteiger partial charge on any atom is -0.497 e. The molecule has 5 aromatic rings. The molecule has 1 aromatic heterocycles. The van der Waals surface area contributed by atoms with Gasteiger partial charge < -0.3 is 34.1 Å². The van der Waals surface area contributed by atoms with Crippen LogP contribution in [0.3, 0.4) is 0 Å². The molecule has 2 heterocycles. The van der Waals surface area contributed by atoms with Gasteiger partial charge in [-0.3, -0.25) is 9.36 Å². The molecule has 0 unspecified atom stereocenters. The molecule has 0 saturated carbocycles. The van der Waals surface area contributed by atoms with E-state index in [1.54, 1.807) is 44.6 Å². The van der Waals surface area contributed by atoms with Crippen molar-refractivity contribution < 1.29 is 33.6 Å². The Kier molecular flexibility index (Phi) is 11.2. The molecule has 2 N–H and O–H groups in total. The maximum Gasteiger partial charge on any atom is 0.351 e. The van der Waals surface area contributed by atoms with Crippen LogP contribution in [0.4, 0.5) is 5.82 Å². The summed E-state index contributed by atoms with van der Waals surface area (Å²) in [5, 5.41) is 14.3. The molecule has 1 amide bonds. The van der Waals surface area contributed by atoms with Gasteiger partial charge in [-0.25, -0.2) is 4.79 Å². The number of amides is 1. The molecule has 1 aliphatic heterocycles. The van der Waals surface area contributed by atoms with Gasteiger partial charge in [0, 0.05) is 18.4 Å². The van der Waals surface area contributed by atoms with Crippen molar-refractivity contribution in [2.75, 3.05) is 32.8 Å². The quantitative estimate of drug-likeness (QED) is 0.144. The first-order valence-electron chi connectivity index (χ1n) is 16.8. The Bertz CT molecular complexity index is 1890. The van der Waals surface area contributed by atoms with E-state index < -0.39 is 41.7 Å². The van der Waals surface area contributed by atoms with Gasteiger partial charge in [0.2, 0.25) is 0 Å². The maximum atomic E-state index is 13.4. The largest absolute Gasteiger partial charge is 0.497 e. The van der Waals surface area contributed by atoms with E-state index in [2.05, 4.69) is 10.3 Å². The Labute approximate surface area is 296 Å². The van der Waals surface area contributed by atoms with Crippen LogP contribution in [-0.4, -0.2) is 66.3 Å². The first-order valence-corrected chi connectivity index (χ1v) is 16.8. The Balaban J connectivity index is 1.33. The molecule has 0 spiro atoms. The van der Waals surface area contributed by atoms with E-state index in [1.807, 2.05) is 85.8 Å². The van der Waals surface area contributed by atoms with Crippen LogP contribution in [0.2, 0.25) is 0 Å². The van der Waals surface area contributed by atoms with E-state index >= 15 is 0 Å². The first-order chi connectivity index (χ1) is 24.9. The number of hydrogen-bond donors (Lipinski definition) is 2. The molecule has 11 heteroatoms. The van der Waals surface area contributed by atoms with Gasteiger partial charge in [0.1, 0.15) is 41.2 Å². The zero-order valence-electron chi connectivity index (χ0n) is 28.7. The number of nitrogens with one attached hydrogen (secondary N) is 1. The van der Waals surface area contributed by atoms with Crippen LogP contribution in [0, 0.1) is 0 Å². The van der Waals surface area contributed by atoms with E-state index in [4.69, 9.17) is 23.7 Å². The predicted molar refractivity (Wildman–Crippen MR) is 191 cm³/mol. The SMILES string of the molecule is CCCO[C@@H]1[C@H](O)[C@@H](COC(c2ccccc2)(c2ccc(OC)cc2)c2ccc(OC)cc2)O[C@H]1n1ccc(NC(=O)c2ccccc2)nc1=O. The van der Waals surface area contributed by atoms with Crippen molar-refractivity contribution in [2.24, 2.45) is 0 Å². The number of hydrogen-bond acceptors (Lipinski definition) is 9. The number of carbonyl (C=O) groups is 1. The summed E-state index contributed by atoms with van der Waals surface area (Å²) in [6.45, 7) is 2.20. The second-order valence-electron chi connectivity index (χ2n) is 12.0. The minimum atomic E-state index is -1.16. The third-order valence-electron chi connectivity index (χ3n) is 8.85. The Morgan fingerprint density at radius 2 is 1.41 bits per heavy atom. The lowest BCUT2D eigenvalue weighted by molar-refractivity contribution is -0.0981. The number of anilines is 1. The highest BCUT2D eigenvalue weighted by atomic mass is 16.6. The van der Waals surface area contributed by atoms with E-state index in [1.165, 1.54) is 16.8 Å². The molecular weight excluding hydrogens is 650 g/mol. The summed E-state index contributed by atoms with van der Waals surface area (Å²) in [6, 6.07) is 35.2. The van der Waals surface area contributed by atoms with Crippen LogP contribution < -0.4 is 20.5 Å². The molecule has 1 fully saturated rings. The van der Waals surface area contributed by atoms with E-state index in [-0.39, 0.29) is 12.4 Å². The second-order valence-corrected chi connectivity index (χ2v) is 12.0. The van der Waals surface area contributed by atoms with Gasteiger partial charge in [0.05, 0.1) is 20.8 Å². The first kappa shape index (κ1) is 35.5. The lowest BCUT2D eigenvalue weighted by atomic mass is 9.80. The molecule has 264 valence electrons. The van der Waals surface area contributed by atoms with Gasteiger partial charge in [-0.05, 0) is 65.6 Å². The molecule has 0 aliphatic carbocycles. The summed E-state index contributed by atoms with van der Waals surface area (Å²) >= 11 is 0. The number of ether oxygens (including phenoxy) is 5. The fourth-order valence-corrected chi connectivity index (χ4v) is 6.25. The highest BCUT2D eigenvalue weighted by Crippen LogP contribution is 2.43. The lowest BCUT2D eigenvalue weighted by Crippen LogP contribution is -2.40. The molecule has 1 saturated heterocycles. The van der Waals surface area contributed by atoms with Gasteiger partial charge in [-0.15, -0.1) is 0 Å². The van der Waals surface area contributed by atoms with Crippen molar-refractivity contribution in [3.05, 3.63) is 154 Å². The third-order valence-corrected chi connectivity index (χ3v) is 8.85. The summed E-state index contributed by atoms with van der Waals surface area (Å²) in [5.41, 5.74) is 1.07. The standard InChI is InChI=1S/C40H41N3O8/c1-4-25-49-36-35(44)33(51-38(36)43-24-23-34(42-39(43)46)41-37(45)27-11-7-5-8-12-27)26-50-40(28-13-9-6-10-14-28,29-15-19-31(47-2)20-16-29)30-17-21-32(48-3)22-18-30/h5-24,33,35-36,38,44H,4,25-26H2,1-3H3,(H,41,42,45,46)/t33-,35-,36-,38-/m1/s1. The average molecular weight is 692 g/mol. The summed E-state index contributed by atoms with van der Waals surface area (Å²) < 4.78 is 31.7. The van der Waals surface area contributed by atoms with Crippen LogP contribution in [0.5, 0.6) is 11.5 Å². The van der Waals surface area contributed by atoms with E-state index in [9.17, 15) is 14.7 Å². The second kappa shape index (κ2) is 16.1. The van der Waals surface area contributed by atoms with E-state index in [0.717, 1.165) is 16.7 Å². The average Bonchev–Trinajstić information content (AvgIpc) is 3.49. The number of methoxy groups -OCH3 is 2. The number of nitrogens with zero attached hydrogens (tertiary/aromatic N) is 2. The number of aromatic nitrogens is 2. The van der Waals surface area contributed by atoms with Crippen LogP contribution in [0.25, 0.3) is 0 Å². The maximum absolute atomic E-state index is 13.4. The van der Waals surface area contributed by atoms with Crippen molar-refractivity contribution in [3.63, 3.8) is 0 Å². The summed E-state index contributed by atoms with van der Waals surface area (Å²) in [5.74, 6) is 1.06. The van der Waals surface area contributed by atoms with Gasteiger partial charge in [0.25, 0.3) is 5.91 Å². The molecule has 4 aromatic carbocycles. The number of carbonyl (C=O) groups excluding carboxylic acids is 1. The molecule has 6 rings (SSSR count). The topological polar surface area (TPSA) is 130 Å². The highest BCUT2D eigenvalue weighted by molar-refractivity contribution is 6.03. The number of benzene rings is 4. The summed E-state index contributed by atoms with van der Waals surface area (Å²) in [6.07, 6.45) is -1.84. The van der Waals surface area contributed by atoms with Crippen molar-refractivity contribution in [3.8, 4) is 11.5 Å². The normalized spacial score (nSPS) is 18.7. The molecular formula is C40H41N3O8. The molecule has 51 heavy (non-hydrogen) atoms. The monoisotopic (exact) mass is 691 g/mol. The minimum absolute atomic E-state index is 0.0794. The van der Waals surface area contributed by atoms with Crippen LogP contribution >= 0.6 is 0 Å². The summed E-state index contributed by atoms with van der Waals surface area (Å²) in [4.78, 5) is 30.2. The van der Waals surface area contributed by atoms with Crippen LogP contribution in [0.15, 0.2) is 126 Å². The molecule has 1 aliphatic rings. The molecule has 0 bridgehead atoms. The molecule has 4 atom stereocenters. The third kappa shape index (κ3) is 7.57. The smallest absolute Gasteiger partial charge is 0.351 e. The summed E-state index contributed by atoms with van der Waals surface area (Å²) in [7, 11) is 3.22. The van der Waals surface area contributed by atoms with Crippen molar-refractivity contribution in [2.45, 2.75) is 43.5 Å².